The van der Waals surface area contributed by atoms with Gasteiger partial charge in [-0.15, -0.1) is 0 Å². The lowest BCUT2D eigenvalue weighted by Gasteiger charge is -2.25. The van der Waals surface area contributed by atoms with Crippen LogP contribution in [0.1, 0.15) is 17.5 Å². The largest absolute Gasteiger partial charge is 0.480 e. The summed E-state index contributed by atoms with van der Waals surface area (Å²) in [6, 6.07) is 13.6. The smallest absolute Gasteiger partial charge is 0.261 e. The summed E-state index contributed by atoms with van der Waals surface area (Å²) in [6.07, 6.45) is 6.15. The van der Waals surface area contributed by atoms with Crippen molar-refractivity contribution in [2.45, 2.75) is 25.5 Å². The van der Waals surface area contributed by atoms with Gasteiger partial charge in [0.2, 0.25) is 0 Å². The van der Waals surface area contributed by atoms with Gasteiger partial charge >= 0.3 is 0 Å². The Balaban J connectivity index is 1.35. The monoisotopic (exact) mass is 334 g/mol. The van der Waals surface area contributed by atoms with Crippen LogP contribution >= 0.6 is 0 Å². The zero-order valence-electron chi connectivity index (χ0n) is 13.6. The summed E-state index contributed by atoms with van der Waals surface area (Å²) in [5, 5.41) is 2.93. The maximum absolute atomic E-state index is 12.4. The SMILES string of the molecule is O=C(NCc1ccc(-c2ccoc2)nc1)[C@H]1CCc2ccccc2O1. The molecule has 0 saturated carbocycles. The molecule has 4 rings (SSSR count). The van der Waals surface area contributed by atoms with Gasteiger partial charge in [0.25, 0.3) is 5.91 Å². The Morgan fingerprint density at radius 1 is 1.20 bits per heavy atom. The number of aryl methyl sites for hydroxylation is 1. The average molecular weight is 334 g/mol. The van der Waals surface area contributed by atoms with Crippen molar-refractivity contribution in [2.24, 2.45) is 0 Å². The minimum atomic E-state index is -0.437. The summed E-state index contributed by atoms with van der Waals surface area (Å²) in [4.78, 5) is 16.8. The predicted octanol–water partition coefficient (Wildman–Crippen LogP) is 3.35. The number of nitrogens with one attached hydrogen (secondary N) is 1. The van der Waals surface area contributed by atoms with Crippen molar-refractivity contribution in [3.05, 3.63) is 72.3 Å². The topological polar surface area (TPSA) is 64.4 Å². The third-order valence-electron chi connectivity index (χ3n) is 4.32. The van der Waals surface area contributed by atoms with Crippen molar-refractivity contribution in [3.63, 3.8) is 0 Å². The molecule has 1 aromatic carbocycles. The summed E-state index contributed by atoms with van der Waals surface area (Å²) in [6.45, 7) is 0.430. The van der Waals surface area contributed by atoms with Gasteiger partial charge in [-0.2, -0.15) is 0 Å². The Hall–Kier alpha value is -3.08. The van der Waals surface area contributed by atoms with Crippen molar-refractivity contribution < 1.29 is 13.9 Å². The van der Waals surface area contributed by atoms with Crippen LogP contribution in [0.25, 0.3) is 11.3 Å². The highest BCUT2D eigenvalue weighted by Crippen LogP contribution is 2.27. The standard InChI is InChI=1S/C20H18N2O3/c23-20(19-8-6-15-3-1-2-4-18(15)25-19)22-12-14-5-7-17(21-11-14)16-9-10-24-13-16/h1-5,7,9-11,13,19H,6,8,12H2,(H,22,23)/t19-/m1/s1. The van der Waals surface area contributed by atoms with Crippen molar-refractivity contribution in [1.29, 1.82) is 0 Å². The second-order valence-electron chi connectivity index (χ2n) is 6.03. The minimum absolute atomic E-state index is 0.0894. The van der Waals surface area contributed by atoms with Crippen LogP contribution in [-0.4, -0.2) is 17.0 Å². The third-order valence-corrected chi connectivity index (χ3v) is 4.32. The molecule has 1 atom stereocenters. The number of benzene rings is 1. The van der Waals surface area contributed by atoms with Crippen LogP contribution in [0.4, 0.5) is 0 Å². The highest BCUT2D eigenvalue weighted by molar-refractivity contribution is 5.81. The van der Waals surface area contributed by atoms with Crippen molar-refractivity contribution in [3.8, 4) is 17.0 Å². The van der Waals surface area contributed by atoms with E-state index in [4.69, 9.17) is 9.15 Å². The normalized spacial score (nSPS) is 15.9. The Kier molecular flexibility index (Phi) is 4.21. The van der Waals surface area contributed by atoms with Crippen LogP contribution in [-0.2, 0) is 17.8 Å². The number of fused-ring (bicyclic) bond motifs is 1. The van der Waals surface area contributed by atoms with Crippen LogP contribution in [0.2, 0.25) is 0 Å². The van der Waals surface area contributed by atoms with Gasteiger partial charge < -0.3 is 14.5 Å². The van der Waals surface area contributed by atoms with E-state index in [9.17, 15) is 4.79 Å². The van der Waals surface area contributed by atoms with Gasteiger partial charge in [0.15, 0.2) is 6.10 Å². The molecular formula is C20H18N2O3. The Morgan fingerprint density at radius 2 is 2.12 bits per heavy atom. The van der Waals surface area contributed by atoms with Gasteiger partial charge in [0, 0.05) is 18.3 Å². The van der Waals surface area contributed by atoms with Gasteiger partial charge in [0.1, 0.15) is 5.75 Å². The van der Waals surface area contributed by atoms with E-state index in [1.165, 1.54) is 0 Å². The Bertz CT molecular complexity index is 857. The van der Waals surface area contributed by atoms with Crippen LogP contribution < -0.4 is 10.1 Å². The van der Waals surface area contributed by atoms with Crippen molar-refractivity contribution in [2.75, 3.05) is 0 Å². The molecule has 5 heteroatoms. The molecule has 5 nitrogen and oxygen atoms in total. The van der Waals surface area contributed by atoms with E-state index in [0.29, 0.717) is 13.0 Å². The van der Waals surface area contributed by atoms with Gasteiger partial charge in [-0.25, -0.2) is 0 Å². The lowest BCUT2D eigenvalue weighted by Crippen LogP contribution is -2.40. The molecule has 0 radical (unpaired) electrons. The Labute approximate surface area is 145 Å². The first-order valence-electron chi connectivity index (χ1n) is 8.29. The molecule has 2 aromatic heterocycles. The molecular weight excluding hydrogens is 316 g/mol. The minimum Gasteiger partial charge on any atom is -0.480 e. The quantitative estimate of drug-likeness (QED) is 0.795. The molecule has 1 amide bonds. The molecule has 0 fully saturated rings. The summed E-state index contributed by atoms with van der Waals surface area (Å²) >= 11 is 0. The van der Waals surface area contributed by atoms with E-state index in [1.807, 2.05) is 42.5 Å². The van der Waals surface area contributed by atoms with Gasteiger partial charge in [-0.05, 0) is 42.2 Å². The second kappa shape index (κ2) is 6.81. The molecule has 1 aliphatic heterocycles. The highest BCUT2D eigenvalue weighted by Gasteiger charge is 2.25. The van der Waals surface area contributed by atoms with E-state index >= 15 is 0 Å². The highest BCUT2D eigenvalue weighted by atomic mass is 16.5. The fraction of sp³-hybridized carbons (Fsp3) is 0.200. The van der Waals surface area contributed by atoms with Crippen LogP contribution in [0, 0.1) is 0 Å². The molecule has 0 aliphatic carbocycles. The number of aromatic nitrogens is 1. The Morgan fingerprint density at radius 3 is 2.92 bits per heavy atom. The maximum atomic E-state index is 12.4. The number of amides is 1. The number of rotatable bonds is 4. The van der Waals surface area contributed by atoms with Gasteiger partial charge in [-0.3, -0.25) is 9.78 Å². The summed E-state index contributed by atoms with van der Waals surface area (Å²) < 4.78 is 10.9. The molecule has 0 unspecified atom stereocenters. The van der Waals surface area contributed by atoms with Crippen molar-refractivity contribution in [1.82, 2.24) is 10.3 Å². The molecule has 1 aliphatic rings. The molecule has 0 bridgehead atoms. The number of carbonyl (C=O) groups excluding carboxylic acids is 1. The van der Waals surface area contributed by atoms with Crippen LogP contribution in [0.3, 0.4) is 0 Å². The van der Waals surface area contributed by atoms with Crippen molar-refractivity contribution >= 4 is 5.91 Å². The number of hydrogen-bond acceptors (Lipinski definition) is 4. The number of nitrogens with zero attached hydrogens (tertiary/aromatic N) is 1. The lowest BCUT2D eigenvalue weighted by molar-refractivity contribution is -0.128. The molecule has 1 N–H and O–H groups in total. The zero-order chi connectivity index (χ0) is 17.1. The first-order valence-corrected chi connectivity index (χ1v) is 8.29. The number of carbonyl (C=O) groups is 1. The number of pyridine rings is 1. The predicted molar refractivity (Wildman–Crippen MR) is 93.0 cm³/mol. The summed E-state index contributed by atoms with van der Waals surface area (Å²) in [5.74, 6) is 0.716. The summed E-state index contributed by atoms with van der Waals surface area (Å²) in [5.41, 5.74) is 3.88. The fourth-order valence-corrected chi connectivity index (χ4v) is 2.92. The maximum Gasteiger partial charge on any atom is 0.261 e. The van der Waals surface area contributed by atoms with E-state index in [2.05, 4.69) is 10.3 Å². The lowest BCUT2D eigenvalue weighted by atomic mass is 10.0. The molecule has 126 valence electrons. The zero-order valence-corrected chi connectivity index (χ0v) is 13.6. The number of furan rings is 1. The molecule has 25 heavy (non-hydrogen) atoms. The summed E-state index contributed by atoms with van der Waals surface area (Å²) in [7, 11) is 0. The number of para-hydroxylation sites is 1. The molecule has 3 heterocycles. The fourth-order valence-electron chi connectivity index (χ4n) is 2.92. The van der Waals surface area contributed by atoms with E-state index in [1.54, 1.807) is 18.7 Å². The number of ether oxygens (including phenoxy) is 1. The second-order valence-corrected chi connectivity index (χ2v) is 6.03. The first kappa shape index (κ1) is 15.4. The van der Waals surface area contributed by atoms with E-state index < -0.39 is 6.10 Å². The van der Waals surface area contributed by atoms with Gasteiger partial charge in [-0.1, -0.05) is 24.3 Å². The average Bonchev–Trinajstić information content (AvgIpc) is 3.21. The first-order chi connectivity index (χ1) is 12.3. The van der Waals surface area contributed by atoms with E-state index in [-0.39, 0.29) is 5.91 Å². The van der Waals surface area contributed by atoms with Gasteiger partial charge in [0.05, 0.1) is 18.2 Å². The molecule has 0 spiro atoms. The molecule has 3 aromatic rings. The third kappa shape index (κ3) is 3.40. The number of hydrogen-bond donors (Lipinski definition) is 1. The van der Waals surface area contributed by atoms with Crippen LogP contribution in [0.5, 0.6) is 5.75 Å². The van der Waals surface area contributed by atoms with E-state index in [0.717, 1.165) is 34.6 Å². The van der Waals surface area contributed by atoms with Crippen LogP contribution in [0.15, 0.2) is 65.6 Å². The molecule has 0 saturated heterocycles.